The SMILES string of the molecule is Cn1cnc(C#CCl)c1Cl. The Kier molecular flexibility index (Phi) is 2.21. The Balaban J connectivity index is 3.13. The summed E-state index contributed by atoms with van der Waals surface area (Å²) >= 11 is 10.9. The Hall–Kier alpha value is -0.650. The van der Waals surface area contributed by atoms with Crippen molar-refractivity contribution in [1.82, 2.24) is 9.55 Å². The van der Waals surface area contributed by atoms with E-state index < -0.39 is 0 Å². The molecule has 4 heteroatoms. The molecular formula is C6H4Cl2N2. The van der Waals surface area contributed by atoms with E-state index >= 15 is 0 Å². The van der Waals surface area contributed by atoms with Crippen LogP contribution in [-0.4, -0.2) is 9.55 Å². The van der Waals surface area contributed by atoms with E-state index in [-0.39, 0.29) is 0 Å². The van der Waals surface area contributed by atoms with Gasteiger partial charge < -0.3 is 4.57 Å². The molecule has 1 rings (SSSR count). The van der Waals surface area contributed by atoms with E-state index in [1.807, 2.05) is 0 Å². The van der Waals surface area contributed by atoms with Gasteiger partial charge in [0.05, 0.1) is 6.33 Å². The Morgan fingerprint density at radius 3 is 2.80 bits per heavy atom. The summed E-state index contributed by atoms with van der Waals surface area (Å²) < 4.78 is 1.66. The van der Waals surface area contributed by atoms with Gasteiger partial charge in [0, 0.05) is 12.4 Å². The third kappa shape index (κ3) is 1.26. The number of hydrogen-bond acceptors (Lipinski definition) is 1. The number of rotatable bonds is 0. The van der Waals surface area contributed by atoms with Crippen molar-refractivity contribution in [3.8, 4) is 11.3 Å². The fourth-order valence-corrected chi connectivity index (χ4v) is 0.773. The van der Waals surface area contributed by atoms with Crippen LogP contribution in [0, 0.1) is 11.3 Å². The van der Waals surface area contributed by atoms with E-state index in [1.165, 1.54) is 0 Å². The van der Waals surface area contributed by atoms with Gasteiger partial charge in [0.1, 0.15) is 5.15 Å². The largest absolute Gasteiger partial charge is 0.324 e. The maximum absolute atomic E-state index is 5.73. The summed E-state index contributed by atoms with van der Waals surface area (Å²) in [7, 11) is 1.79. The molecule has 0 unspecified atom stereocenters. The molecule has 0 fully saturated rings. The van der Waals surface area contributed by atoms with Crippen LogP contribution in [0.4, 0.5) is 0 Å². The minimum Gasteiger partial charge on any atom is -0.324 e. The number of imidazole rings is 1. The average molecular weight is 175 g/mol. The van der Waals surface area contributed by atoms with Gasteiger partial charge in [-0.2, -0.15) is 0 Å². The smallest absolute Gasteiger partial charge is 0.151 e. The van der Waals surface area contributed by atoms with Crippen molar-refractivity contribution in [2.24, 2.45) is 7.05 Å². The van der Waals surface area contributed by atoms with E-state index in [1.54, 1.807) is 17.9 Å². The molecule has 0 saturated carbocycles. The van der Waals surface area contributed by atoms with Crippen LogP contribution >= 0.6 is 23.2 Å². The van der Waals surface area contributed by atoms with Crippen LogP contribution in [0.5, 0.6) is 0 Å². The Morgan fingerprint density at radius 1 is 1.70 bits per heavy atom. The second-order valence-corrected chi connectivity index (χ2v) is 2.26. The normalized spacial score (nSPS) is 8.70. The van der Waals surface area contributed by atoms with Crippen LogP contribution in [0.1, 0.15) is 5.69 Å². The van der Waals surface area contributed by atoms with Crippen molar-refractivity contribution in [2.75, 3.05) is 0 Å². The number of hydrogen-bond donors (Lipinski definition) is 0. The quantitative estimate of drug-likeness (QED) is 0.547. The number of nitrogens with zero attached hydrogens (tertiary/aromatic N) is 2. The lowest BCUT2D eigenvalue weighted by Crippen LogP contribution is -1.82. The van der Waals surface area contributed by atoms with Crippen molar-refractivity contribution < 1.29 is 0 Å². The van der Waals surface area contributed by atoms with E-state index in [9.17, 15) is 0 Å². The van der Waals surface area contributed by atoms with Gasteiger partial charge in [-0.05, 0) is 17.5 Å². The molecule has 0 aliphatic heterocycles. The molecule has 0 bridgehead atoms. The first kappa shape index (κ1) is 7.46. The Labute approximate surface area is 68.8 Å². The van der Waals surface area contributed by atoms with Crippen molar-refractivity contribution in [1.29, 1.82) is 0 Å². The Bertz CT molecular complexity index is 292. The highest BCUT2D eigenvalue weighted by atomic mass is 35.5. The summed E-state index contributed by atoms with van der Waals surface area (Å²) in [5.74, 6) is 2.55. The van der Waals surface area contributed by atoms with Gasteiger partial charge in [-0.1, -0.05) is 11.6 Å². The zero-order valence-electron chi connectivity index (χ0n) is 5.23. The number of halogens is 2. The van der Waals surface area contributed by atoms with Gasteiger partial charge in [-0.25, -0.2) is 4.98 Å². The van der Waals surface area contributed by atoms with Gasteiger partial charge >= 0.3 is 0 Å². The maximum atomic E-state index is 5.73. The van der Waals surface area contributed by atoms with E-state index in [4.69, 9.17) is 23.2 Å². The lowest BCUT2D eigenvalue weighted by molar-refractivity contribution is 0.914. The molecule has 0 saturated heterocycles. The van der Waals surface area contributed by atoms with Crippen LogP contribution in [0.2, 0.25) is 5.15 Å². The van der Waals surface area contributed by atoms with Crippen LogP contribution < -0.4 is 0 Å². The fraction of sp³-hybridized carbons (Fsp3) is 0.167. The summed E-state index contributed by atoms with van der Waals surface area (Å²) in [6.45, 7) is 0. The molecule has 0 amide bonds. The summed E-state index contributed by atoms with van der Waals surface area (Å²) in [6.07, 6.45) is 1.58. The summed E-state index contributed by atoms with van der Waals surface area (Å²) in [5.41, 5.74) is 0.513. The maximum Gasteiger partial charge on any atom is 0.151 e. The van der Waals surface area contributed by atoms with E-state index in [0.29, 0.717) is 10.8 Å². The highest BCUT2D eigenvalue weighted by Crippen LogP contribution is 2.10. The van der Waals surface area contributed by atoms with Crippen molar-refractivity contribution >= 4 is 23.2 Å². The molecular weight excluding hydrogens is 171 g/mol. The van der Waals surface area contributed by atoms with Crippen LogP contribution in [0.3, 0.4) is 0 Å². The van der Waals surface area contributed by atoms with Crippen molar-refractivity contribution in [2.45, 2.75) is 0 Å². The molecule has 1 aromatic heterocycles. The minimum atomic E-state index is 0.508. The first-order valence-corrected chi connectivity index (χ1v) is 3.29. The molecule has 0 aliphatic rings. The average Bonchev–Trinajstić information content (AvgIpc) is 2.20. The molecule has 0 aliphatic carbocycles. The zero-order valence-corrected chi connectivity index (χ0v) is 6.74. The van der Waals surface area contributed by atoms with Crippen molar-refractivity contribution in [3.05, 3.63) is 17.2 Å². The van der Waals surface area contributed by atoms with Crippen LogP contribution in [0.25, 0.3) is 0 Å². The summed E-state index contributed by atoms with van der Waals surface area (Å²) in [6, 6.07) is 0. The molecule has 0 radical (unpaired) electrons. The Morgan fingerprint density at radius 2 is 2.40 bits per heavy atom. The third-order valence-corrected chi connectivity index (χ3v) is 1.57. The highest BCUT2D eigenvalue weighted by Gasteiger charge is 2.00. The lowest BCUT2D eigenvalue weighted by atomic mass is 10.5. The van der Waals surface area contributed by atoms with E-state index in [2.05, 4.69) is 16.3 Å². The van der Waals surface area contributed by atoms with Gasteiger partial charge in [0.2, 0.25) is 0 Å². The minimum absolute atomic E-state index is 0.508. The molecule has 0 N–H and O–H groups in total. The second kappa shape index (κ2) is 2.96. The topological polar surface area (TPSA) is 17.8 Å². The predicted octanol–water partition coefficient (Wildman–Crippen LogP) is 1.62. The number of aryl methyl sites for hydroxylation is 1. The summed E-state index contributed by atoms with van der Waals surface area (Å²) in [5, 5.41) is 2.71. The van der Waals surface area contributed by atoms with Gasteiger partial charge in [-0.3, -0.25) is 0 Å². The lowest BCUT2D eigenvalue weighted by Gasteiger charge is -1.87. The first-order chi connectivity index (χ1) is 4.75. The highest BCUT2D eigenvalue weighted by molar-refractivity contribution is 6.32. The molecule has 1 heterocycles. The molecule has 0 spiro atoms. The van der Waals surface area contributed by atoms with E-state index in [0.717, 1.165) is 0 Å². The van der Waals surface area contributed by atoms with Crippen LogP contribution in [0.15, 0.2) is 6.33 Å². The monoisotopic (exact) mass is 174 g/mol. The predicted molar refractivity (Wildman–Crippen MR) is 40.9 cm³/mol. The molecule has 0 atom stereocenters. The van der Waals surface area contributed by atoms with Gasteiger partial charge in [-0.15, -0.1) is 0 Å². The first-order valence-electron chi connectivity index (χ1n) is 2.54. The second-order valence-electron chi connectivity index (χ2n) is 1.71. The van der Waals surface area contributed by atoms with Crippen molar-refractivity contribution in [3.63, 3.8) is 0 Å². The fourth-order valence-electron chi connectivity index (χ4n) is 0.544. The van der Waals surface area contributed by atoms with Gasteiger partial charge in [0.15, 0.2) is 5.69 Å². The number of aromatic nitrogens is 2. The molecule has 0 aromatic carbocycles. The third-order valence-electron chi connectivity index (χ3n) is 1.03. The molecule has 10 heavy (non-hydrogen) atoms. The molecule has 2 nitrogen and oxygen atoms in total. The molecule has 1 aromatic rings. The summed E-state index contributed by atoms with van der Waals surface area (Å²) in [4.78, 5) is 3.88. The zero-order chi connectivity index (χ0) is 7.56. The van der Waals surface area contributed by atoms with Crippen LogP contribution in [-0.2, 0) is 7.05 Å². The standard InChI is InChI=1S/C6H4Cl2N2/c1-10-4-9-5(2-3-7)6(10)8/h4H,1H3. The van der Waals surface area contributed by atoms with Gasteiger partial charge in [0.25, 0.3) is 0 Å². The molecule has 52 valence electrons.